The molecule has 3 rings (SSSR count). The van der Waals surface area contributed by atoms with Crippen molar-refractivity contribution in [1.29, 1.82) is 0 Å². The minimum atomic E-state index is 0.828. The summed E-state index contributed by atoms with van der Waals surface area (Å²) in [6.07, 6.45) is 2.84. The highest BCUT2D eigenvalue weighted by Crippen LogP contribution is 2.30. The van der Waals surface area contributed by atoms with Gasteiger partial charge in [-0.3, -0.25) is 4.98 Å². The van der Waals surface area contributed by atoms with Gasteiger partial charge in [0, 0.05) is 17.3 Å². The third kappa shape index (κ3) is 2.68. The van der Waals surface area contributed by atoms with Crippen molar-refractivity contribution in [2.75, 3.05) is 12.4 Å². The second-order valence-electron chi connectivity index (χ2n) is 4.89. The van der Waals surface area contributed by atoms with Gasteiger partial charge in [-0.15, -0.1) is 0 Å². The number of anilines is 2. The molecule has 3 nitrogen and oxygen atoms in total. The second kappa shape index (κ2) is 5.83. The number of fused-ring (bicyclic) bond motifs is 1. The Labute approximate surface area is 124 Å². The third-order valence-corrected chi connectivity index (χ3v) is 3.59. The zero-order chi connectivity index (χ0) is 14.7. The fourth-order valence-corrected chi connectivity index (χ4v) is 2.42. The molecule has 0 aliphatic rings. The summed E-state index contributed by atoms with van der Waals surface area (Å²) in [5.74, 6) is 0.828. The predicted molar refractivity (Wildman–Crippen MR) is 87.4 cm³/mol. The fourth-order valence-electron chi connectivity index (χ4n) is 2.42. The molecule has 0 saturated heterocycles. The smallest absolute Gasteiger partial charge is 0.142 e. The Morgan fingerprint density at radius 1 is 1.05 bits per heavy atom. The van der Waals surface area contributed by atoms with Gasteiger partial charge in [0.2, 0.25) is 0 Å². The van der Waals surface area contributed by atoms with Gasteiger partial charge in [-0.05, 0) is 42.3 Å². The van der Waals surface area contributed by atoms with E-state index in [1.165, 1.54) is 5.56 Å². The van der Waals surface area contributed by atoms with Crippen molar-refractivity contribution >= 4 is 22.3 Å². The van der Waals surface area contributed by atoms with E-state index in [1.807, 2.05) is 36.5 Å². The lowest BCUT2D eigenvalue weighted by atomic mass is 10.1. The lowest BCUT2D eigenvalue weighted by Gasteiger charge is -2.13. The van der Waals surface area contributed by atoms with E-state index >= 15 is 0 Å². The average molecular weight is 278 g/mol. The lowest BCUT2D eigenvalue weighted by molar-refractivity contribution is 0.417. The molecule has 0 aliphatic heterocycles. The van der Waals surface area contributed by atoms with E-state index < -0.39 is 0 Å². The summed E-state index contributed by atoms with van der Waals surface area (Å²) >= 11 is 0. The largest absolute Gasteiger partial charge is 0.495 e. The van der Waals surface area contributed by atoms with Crippen LogP contribution >= 0.6 is 0 Å². The Balaban J connectivity index is 2.07. The van der Waals surface area contributed by atoms with Gasteiger partial charge < -0.3 is 10.1 Å². The van der Waals surface area contributed by atoms with E-state index in [0.29, 0.717) is 0 Å². The van der Waals surface area contributed by atoms with Gasteiger partial charge in [0.15, 0.2) is 0 Å². The first kappa shape index (κ1) is 13.4. The van der Waals surface area contributed by atoms with Crippen LogP contribution in [-0.4, -0.2) is 12.1 Å². The zero-order valence-corrected chi connectivity index (χ0v) is 12.3. The molecule has 106 valence electrons. The molecule has 0 unspecified atom stereocenters. The standard InChI is InChI=1S/C18H18N2O/c1-3-13-8-9-15-14(12-13)16(10-11-19-15)20-17-6-4-5-7-18(17)21-2/h4-12H,3H2,1-2H3,(H,19,20). The number of pyridine rings is 1. The summed E-state index contributed by atoms with van der Waals surface area (Å²) < 4.78 is 5.40. The maximum atomic E-state index is 5.40. The fraction of sp³-hybridized carbons (Fsp3) is 0.167. The Kier molecular flexibility index (Phi) is 3.73. The summed E-state index contributed by atoms with van der Waals surface area (Å²) in [6.45, 7) is 2.16. The van der Waals surface area contributed by atoms with E-state index in [9.17, 15) is 0 Å². The lowest BCUT2D eigenvalue weighted by Crippen LogP contribution is -1.96. The van der Waals surface area contributed by atoms with Gasteiger partial charge in [0.05, 0.1) is 18.3 Å². The number of rotatable bonds is 4. The van der Waals surface area contributed by atoms with Crippen molar-refractivity contribution in [3.63, 3.8) is 0 Å². The topological polar surface area (TPSA) is 34.2 Å². The molecule has 1 N–H and O–H groups in total. The average Bonchev–Trinajstić information content (AvgIpc) is 2.55. The summed E-state index contributed by atoms with van der Waals surface area (Å²) in [4.78, 5) is 4.43. The molecule has 0 amide bonds. The van der Waals surface area contributed by atoms with Crippen LogP contribution in [0.15, 0.2) is 54.7 Å². The first-order chi connectivity index (χ1) is 10.3. The molecular formula is C18H18N2O. The van der Waals surface area contributed by atoms with Crippen molar-refractivity contribution in [3.8, 4) is 5.75 Å². The van der Waals surface area contributed by atoms with Gasteiger partial charge >= 0.3 is 0 Å². The number of nitrogens with zero attached hydrogens (tertiary/aromatic N) is 1. The molecule has 3 aromatic rings. The molecule has 3 heteroatoms. The van der Waals surface area contributed by atoms with Crippen LogP contribution in [0.3, 0.4) is 0 Å². The summed E-state index contributed by atoms with van der Waals surface area (Å²) in [5, 5.41) is 4.58. The third-order valence-electron chi connectivity index (χ3n) is 3.59. The van der Waals surface area contributed by atoms with Gasteiger partial charge in [-0.25, -0.2) is 0 Å². The maximum Gasteiger partial charge on any atom is 0.142 e. The van der Waals surface area contributed by atoms with Crippen LogP contribution in [0.1, 0.15) is 12.5 Å². The SMILES string of the molecule is CCc1ccc2nccc(Nc3ccccc3OC)c2c1. The highest BCUT2D eigenvalue weighted by Gasteiger charge is 2.06. The van der Waals surface area contributed by atoms with Crippen LogP contribution in [0, 0.1) is 0 Å². The second-order valence-corrected chi connectivity index (χ2v) is 4.89. The number of aromatic nitrogens is 1. The van der Waals surface area contributed by atoms with Crippen molar-refractivity contribution < 1.29 is 4.74 Å². The summed E-state index contributed by atoms with van der Waals surface area (Å²) in [6, 6.07) is 16.3. The number of ether oxygens (including phenoxy) is 1. The van der Waals surface area contributed by atoms with Crippen molar-refractivity contribution in [1.82, 2.24) is 4.98 Å². The molecule has 1 aromatic heterocycles. The molecule has 0 aliphatic carbocycles. The molecule has 2 aromatic carbocycles. The van der Waals surface area contributed by atoms with Crippen LogP contribution in [0.5, 0.6) is 5.75 Å². The Morgan fingerprint density at radius 2 is 1.90 bits per heavy atom. The molecule has 0 bridgehead atoms. The molecule has 0 spiro atoms. The number of benzene rings is 2. The van der Waals surface area contributed by atoms with E-state index in [4.69, 9.17) is 4.74 Å². The predicted octanol–water partition coefficient (Wildman–Crippen LogP) is 4.55. The van der Waals surface area contributed by atoms with Crippen LogP contribution in [0.4, 0.5) is 11.4 Å². The normalized spacial score (nSPS) is 10.6. The van der Waals surface area contributed by atoms with Gasteiger partial charge in [0.25, 0.3) is 0 Å². The Bertz CT molecular complexity index is 768. The van der Waals surface area contributed by atoms with E-state index in [2.05, 4.69) is 35.4 Å². The number of para-hydroxylation sites is 2. The molecule has 0 atom stereocenters. The molecule has 0 saturated carbocycles. The monoisotopic (exact) mass is 278 g/mol. The first-order valence-electron chi connectivity index (χ1n) is 7.09. The number of hydrogen-bond acceptors (Lipinski definition) is 3. The Morgan fingerprint density at radius 3 is 2.71 bits per heavy atom. The minimum Gasteiger partial charge on any atom is -0.495 e. The van der Waals surface area contributed by atoms with E-state index in [-0.39, 0.29) is 0 Å². The highest BCUT2D eigenvalue weighted by atomic mass is 16.5. The van der Waals surface area contributed by atoms with E-state index in [0.717, 1.165) is 34.4 Å². The molecule has 0 fully saturated rings. The molecular weight excluding hydrogens is 260 g/mol. The zero-order valence-electron chi connectivity index (χ0n) is 12.3. The van der Waals surface area contributed by atoms with Gasteiger partial charge in [-0.1, -0.05) is 25.1 Å². The minimum absolute atomic E-state index is 0.828. The number of methoxy groups -OCH3 is 1. The number of hydrogen-bond donors (Lipinski definition) is 1. The molecule has 21 heavy (non-hydrogen) atoms. The van der Waals surface area contributed by atoms with Crippen molar-refractivity contribution in [2.45, 2.75) is 13.3 Å². The maximum absolute atomic E-state index is 5.40. The first-order valence-corrected chi connectivity index (χ1v) is 7.09. The molecule has 0 radical (unpaired) electrons. The van der Waals surface area contributed by atoms with Crippen molar-refractivity contribution in [2.24, 2.45) is 0 Å². The van der Waals surface area contributed by atoms with E-state index in [1.54, 1.807) is 7.11 Å². The van der Waals surface area contributed by atoms with Crippen LogP contribution in [0.2, 0.25) is 0 Å². The summed E-state index contributed by atoms with van der Waals surface area (Å²) in [5.41, 5.74) is 4.29. The number of aryl methyl sites for hydroxylation is 1. The van der Waals surface area contributed by atoms with Crippen LogP contribution in [0.25, 0.3) is 10.9 Å². The highest BCUT2D eigenvalue weighted by molar-refractivity contribution is 5.93. The molecule has 1 heterocycles. The quantitative estimate of drug-likeness (QED) is 0.760. The van der Waals surface area contributed by atoms with Gasteiger partial charge in [-0.2, -0.15) is 0 Å². The van der Waals surface area contributed by atoms with Crippen LogP contribution in [-0.2, 0) is 6.42 Å². The van der Waals surface area contributed by atoms with Crippen molar-refractivity contribution in [3.05, 3.63) is 60.3 Å². The van der Waals surface area contributed by atoms with Crippen LogP contribution < -0.4 is 10.1 Å². The summed E-state index contributed by atoms with van der Waals surface area (Å²) in [7, 11) is 1.68. The van der Waals surface area contributed by atoms with Gasteiger partial charge in [0.1, 0.15) is 5.75 Å². The Hall–Kier alpha value is -2.55. The number of nitrogens with one attached hydrogen (secondary N) is 1.